The van der Waals surface area contributed by atoms with Crippen LogP contribution < -0.4 is 4.74 Å². The van der Waals surface area contributed by atoms with Gasteiger partial charge in [0.1, 0.15) is 11.5 Å². The van der Waals surface area contributed by atoms with Gasteiger partial charge >= 0.3 is 6.11 Å². The van der Waals surface area contributed by atoms with Gasteiger partial charge in [0.15, 0.2) is 0 Å². The number of phenols is 1. The first-order chi connectivity index (χ1) is 14.5. The maximum absolute atomic E-state index is 15.1. The Labute approximate surface area is 186 Å². The van der Waals surface area contributed by atoms with E-state index in [1.54, 1.807) is 13.0 Å². The number of halogens is 2. The summed E-state index contributed by atoms with van der Waals surface area (Å²) in [5.74, 6) is 0.749. The number of benzene rings is 1. The Bertz CT molecular complexity index is 725. The third kappa shape index (κ3) is 5.91. The van der Waals surface area contributed by atoms with Crippen molar-refractivity contribution in [2.45, 2.75) is 104 Å². The lowest BCUT2D eigenvalue weighted by atomic mass is 9.70. The molecule has 0 amide bonds. The van der Waals surface area contributed by atoms with Crippen molar-refractivity contribution in [3.63, 3.8) is 0 Å². The molecule has 3 nitrogen and oxygen atoms in total. The molecular weight excluding hydrogens is 398 g/mol. The molecule has 5 heteroatoms. The number of rotatable bonds is 6. The van der Waals surface area contributed by atoms with Gasteiger partial charge in [0, 0.05) is 12.2 Å². The summed E-state index contributed by atoms with van der Waals surface area (Å²) in [6.07, 6.45) is 4.45. The average Bonchev–Trinajstić information content (AvgIpc) is 2.70. The second-order valence-electron chi connectivity index (χ2n) is 10.7. The van der Waals surface area contributed by atoms with Gasteiger partial charge in [0.05, 0.1) is 12.0 Å². The molecule has 1 aromatic carbocycles. The second-order valence-corrected chi connectivity index (χ2v) is 10.7. The van der Waals surface area contributed by atoms with Gasteiger partial charge in [-0.3, -0.25) is 0 Å². The van der Waals surface area contributed by atoms with Crippen molar-refractivity contribution >= 4 is 0 Å². The minimum atomic E-state index is -3.20. The van der Waals surface area contributed by atoms with Crippen LogP contribution in [0.4, 0.5) is 8.78 Å². The molecule has 0 aromatic heterocycles. The molecule has 0 unspecified atom stereocenters. The molecule has 1 N–H and O–H groups in total. The largest absolute Gasteiger partial charge is 0.507 e. The average molecular weight is 439 g/mol. The Morgan fingerprint density at radius 1 is 0.935 bits per heavy atom. The molecule has 0 atom stereocenters. The van der Waals surface area contributed by atoms with E-state index in [0.29, 0.717) is 41.9 Å². The van der Waals surface area contributed by atoms with Crippen molar-refractivity contribution in [2.75, 3.05) is 6.61 Å². The number of hydrogen-bond donors (Lipinski definition) is 1. The number of phenolic OH excluding ortho intramolecular Hbond substituents is 1. The normalized spacial score (nSPS) is 27.8. The Morgan fingerprint density at radius 2 is 1.48 bits per heavy atom. The summed E-state index contributed by atoms with van der Waals surface area (Å²) in [5, 5.41) is 10.4. The van der Waals surface area contributed by atoms with Crippen LogP contribution in [0, 0.1) is 24.7 Å². The van der Waals surface area contributed by atoms with Crippen LogP contribution in [0.5, 0.6) is 11.5 Å². The molecule has 176 valence electrons. The molecular formula is C26H40F2O3. The molecule has 1 aromatic rings. The first kappa shape index (κ1) is 24.3. The molecule has 0 aliphatic heterocycles. The molecule has 0 heterocycles. The van der Waals surface area contributed by atoms with Crippen LogP contribution in [0.15, 0.2) is 12.1 Å². The SMILES string of the molecule is CCOC1CCC(C2CCC(C(F)(F)Oc3cc(C)c(O)c(C(C)(C)C)c3)CC2)CC1. The molecule has 2 aliphatic rings. The van der Waals surface area contributed by atoms with E-state index in [-0.39, 0.29) is 16.9 Å². The van der Waals surface area contributed by atoms with Gasteiger partial charge in [-0.05, 0) is 100 Å². The van der Waals surface area contributed by atoms with Crippen LogP contribution in [-0.2, 0) is 10.2 Å². The fourth-order valence-corrected chi connectivity index (χ4v) is 5.51. The molecule has 2 saturated carbocycles. The minimum absolute atomic E-state index is 0.140. The summed E-state index contributed by atoms with van der Waals surface area (Å²) in [6.45, 7) is 10.4. The van der Waals surface area contributed by atoms with Crippen LogP contribution in [0.1, 0.15) is 90.2 Å². The van der Waals surface area contributed by atoms with E-state index in [1.165, 1.54) is 6.07 Å². The van der Waals surface area contributed by atoms with E-state index in [2.05, 4.69) is 0 Å². The number of aryl methyl sites for hydroxylation is 1. The number of hydrogen-bond acceptors (Lipinski definition) is 3. The van der Waals surface area contributed by atoms with Crippen molar-refractivity contribution in [3.8, 4) is 11.5 Å². The zero-order valence-corrected chi connectivity index (χ0v) is 19.8. The Kier molecular flexibility index (Phi) is 7.55. The first-order valence-corrected chi connectivity index (χ1v) is 12.0. The predicted molar refractivity (Wildman–Crippen MR) is 120 cm³/mol. The van der Waals surface area contributed by atoms with Gasteiger partial charge in [0.2, 0.25) is 0 Å². The summed E-state index contributed by atoms with van der Waals surface area (Å²) >= 11 is 0. The van der Waals surface area contributed by atoms with Gasteiger partial charge in [0.25, 0.3) is 0 Å². The minimum Gasteiger partial charge on any atom is -0.507 e. The predicted octanol–water partition coefficient (Wildman–Crippen LogP) is 7.37. The van der Waals surface area contributed by atoms with Crippen molar-refractivity contribution in [1.29, 1.82) is 0 Å². The molecule has 0 saturated heterocycles. The van der Waals surface area contributed by atoms with Gasteiger partial charge in [-0.2, -0.15) is 8.78 Å². The van der Waals surface area contributed by atoms with Gasteiger partial charge < -0.3 is 14.6 Å². The highest BCUT2D eigenvalue weighted by molar-refractivity contribution is 5.48. The molecule has 0 spiro atoms. The molecule has 3 rings (SSSR count). The van der Waals surface area contributed by atoms with Gasteiger partial charge in [-0.1, -0.05) is 20.8 Å². The highest BCUT2D eigenvalue weighted by atomic mass is 19.3. The van der Waals surface area contributed by atoms with Crippen LogP contribution in [-0.4, -0.2) is 23.9 Å². The summed E-state index contributed by atoms with van der Waals surface area (Å²) in [5.41, 5.74) is 0.831. The highest BCUT2D eigenvalue weighted by Gasteiger charge is 2.45. The number of alkyl halides is 2. The third-order valence-electron chi connectivity index (χ3n) is 7.37. The van der Waals surface area contributed by atoms with Crippen LogP contribution in [0.3, 0.4) is 0 Å². The monoisotopic (exact) mass is 438 g/mol. The van der Waals surface area contributed by atoms with E-state index >= 15 is 8.78 Å². The lowest BCUT2D eigenvalue weighted by Crippen LogP contribution is -2.38. The fourth-order valence-electron chi connectivity index (χ4n) is 5.51. The second kappa shape index (κ2) is 9.64. The molecule has 0 radical (unpaired) electrons. The fraction of sp³-hybridized carbons (Fsp3) is 0.769. The van der Waals surface area contributed by atoms with E-state index in [0.717, 1.165) is 45.1 Å². The standard InChI is InChI=1S/C26H40F2O3/c1-6-30-21-13-9-19(10-14-21)18-7-11-20(12-8-18)26(27,28)31-22-15-17(2)24(29)23(16-22)25(3,4)5/h15-16,18-21,29H,6-14H2,1-5H3. The van der Waals surface area contributed by atoms with E-state index < -0.39 is 12.0 Å². The maximum atomic E-state index is 15.1. The van der Waals surface area contributed by atoms with Crippen LogP contribution in [0.25, 0.3) is 0 Å². The van der Waals surface area contributed by atoms with Crippen molar-refractivity contribution in [2.24, 2.45) is 17.8 Å². The van der Waals surface area contributed by atoms with E-state index in [4.69, 9.17) is 9.47 Å². The van der Waals surface area contributed by atoms with Crippen LogP contribution in [0.2, 0.25) is 0 Å². The Hall–Kier alpha value is -1.36. The van der Waals surface area contributed by atoms with Crippen LogP contribution >= 0.6 is 0 Å². The zero-order valence-electron chi connectivity index (χ0n) is 19.8. The van der Waals surface area contributed by atoms with Crippen molar-refractivity contribution in [3.05, 3.63) is 23.3 Å². The molecule has 2 aliphatic carbocycles. The van der Waals surface area contributed by atoms with Crippen molar-refractivity contribution in [1.82, 2.24) is 0 Å². The van der Waals surface area contributed by atoms with Crippen molar-refractivity contribution < 1.29 is 23.4 Å². The first-order valence-electron chi connectivity index (χ1n) is 12.0. The smallest absolute Gasteiger partial charge is 0.400 e. The molecule has 0 bridgehead atoms. The summed E-state index contributed by atoms with van der Waals surface area (Å²) in [6, 6.07) is 3.08. The van der Waals surface area contributed by atoms with Gasteiger partial charge in [-0.15, -0.1) is 0 Å². The highest BCUT2D eigenvalue weighted by Crippen LogP contribution is 2.46. The van der Waals surface area contributed by atoms with E-state index in [1.807, 2.05) is 27.7 Å². The molecule has 31 heavy (non-hydrogen) atoms. The zero-order chi connectivity index (χ0) is 22.8. The lowest BCUT2D eigenvalue weighted by molar-refractivity contribution is -0.224. The quantitative estimate of drug-likeness (QED) is 0.504. The Morgan fingerprint density at radius 3 is 2.00 bits per heavy atom. The van der Waals surface area contributed by atoms with Gasteiger partial charge in [-0.25, -0.2) is 0 Å². The topological polar surface area (TPSA) is 38.7 Å². The summed E-state index contributed by atoms with van der Waals surface area (Å²) in [4.78, 5) is 0. The number of aromatic hydroxyl groups is 1. The summed E-state index contributed by atoms with van der Waals surface area (Å²) < 4.78 is 41.1. The Balaban J connectivity index is 1.59. The maximum Gasteiger partial charge on any atom is 0.400 e. The summed E-state index contributed by atoms with van der Waals surface area (Å²) in [7, 11) is 0. The third-order valence-corrected chi connectivity index (χ3v) is 7.37. The number of ether oxygens (including phenoxy) is 2. The van der Waals surface area contributed by atoms with E-state index in [9.17, 15) is 5.11 Å². The molecule has 2 fully saturated rings. The lowest BCUT2D eigenvalue weighted by Gasteiger charge is -2.39.